The average molecular weight is 428 g/mol. The first-order valence-corrected chi connectivity index (χ1v) is 14.4. The molecule has 160 valence electrons. The maximum Gasteiger partial charge on any atom is 0.220 e. The van der Waals surface area contributed by atoms with Crippen LogP contribution < -0.4 is 9.75 Å². The highest BCUT2D eigenvalue weighted by atomic mass is 28.3. The SMILES string of the molecule is Cc1cc(-c2c3ccc([Si]4(C)CCC(C)(C)CC4)cc3cc[n+]2C)c(C)c(C)c1C#N. The molecule has 1 aliphatic rings. The average Bonchev–Trinajstić information content (AvgIpc) is 2.73. The standard InChI is InChI=1S/C28H35N2Si/c1-19-16-25(20(2)21(3)26(19)18-29)27-24-9-8-23(17-22(24)10-13-30(27)6)31(7)14-11-28(4,5)12-15-31/h8-10,13,16-17H,11-12,14-15H2,1-7H3/q+1. The fourth-order valence-corrected chi connectivity index (χ4v) is 9.62. The molecule has 1 aliphatic heterocycles. The lowest BCUT2D eigenvalue weighted by atomic mass is 9.87. The highest BCUT2D eigenvalue weighted by molar-refractivity contribution is 6.91. The van der Waals surface area contributed by atoms with Gasteiger partial charge in [0, 0.05) is 6.07 Å². The van der Waals surface area contributed by atoms with Crippen molar-refractivity contribution in [3.8, 4) is 17.3 Å². The zero-order valence-corrected chi connectivity index (χ0v) is 21.2. The van der Waals surface area contributed by atoms with Crippen LogP contribution in [0.4, 0.5) is 0 Å². The lowest BCUT2D eigenvalue weighted by molar-refractivity contribution is -0.659. The summed E-state index contributed by atoms with van der Waals surface area (Å²) in [6.07, 6.45) is 4.90. The minimum atomic E-state index is -1.41. The van der Waals surface area contributed by atoms with Gasteiger partial charge >= 0.3 is 0 Å². The number of nitrogens with zero attached hydrogens (tertiary/aromatic N) is 2. The molecule has 1 saturated heterocycles. The maximum absolute atomic E-state index is 9.57. The molecule has 0 amide bonds. The number of aryl methyl sites for hydroxylation is 2. The minimum absolute atomic E-state index is 0.507. The molecule has 0 radical (unpaired) electrons. The summed E-state index contributed by atoms with van der Waals surface area (Å²) in [7, 11) is 0.716. The van der Waals surface area contributed by atoms with Crippen molar-refractivity contribution in [3.05, 3.63) is 58.8 Å². The second-order valence-corrected chi connectivity index (χ2v) is 15.5. The number of nitriles is 1. The Bertz CT molecular complexity index is 1220. The fourth-order valence-electron chi connectivity index (χ4n) is 5.35. The molecule has 1 fully saturated rings. The van der Waals surface area contributed by atoms with Gasteiger partial charge in [-0.25, -0.2) is 4.57 Å². The van der Waals surface area contributed by atoms with E-state index in [2.05, 4.69) is 95.4 Å². The molecule has 0 bridgehead atoms. The van der Waals surface area contributed by atoms with Gasteiger partial charge in [-0.1, -0.05) is 62.6 Å². The smallest absolute Gasteiger partial charge is 0.200 e. The van der Waals surface area contributed by atoms with E-state index < -0.39 is 8.07 Å². The van der Waals surface area contributed by atoms with Gasteiger partial charge in [-0.2, -0.15) is 5.26 Å². The Hall–Kier alpha value is -2.44. The van der Waals surface area contributed by atoms with E-state index in [-0.39, 0.29) is 0 Å². The zero-order valence-electron chi connectivity index (χ0n) is 20.2. The van der Waals surface area contributed by atoms with Crippen molar-refractivity contribution in [1.82, 2.24) is 0 Å². The second-order valence-electron chi connectivity index (χ2n) is 10.8. The third-order valence-corrected chi connectivity index (χ3v) is 12.4. The first-order valence-electron chi connectivity index (χ1n) is 11.5. The number of hydrogen-bond donors (Lipinski definition) is 0. The maximum atomic E-state index is 9.57. The normalized spacial score (nSPS) is 17.5. The number of fused-ring (bicyclic) bond motifs is 1. The monoisotopic (exact) mass is 427 g/mol. The van der Waals surface area contributed by atoms with E-state index in [1.165, 1.54) is 52.5 Å². The summed E-state index contributed by atoms with van der Waals surface area (Å²) >= 11 is 0. The van der Waals surface area contributed by atoms with Crippen LogP contribution in [0.2, 0.25) is 18.6 Å². The molecule has 0 N–H and O–H groups in total. The molecule has 0 spiro atoms. The highest BCUT2D eigenvalue weighted by Gasteiger charge is 2.38. The molecule has 0 atom stereocenters. The van der Waals surface area contributed by atoms with E-state index in [1.807, 2.05) is 0 Å². The van der Waals surface area contributed by atoms with E-state index in [9.17, 15) is 5.26 Å². The topological polar surface area (TPSA) is 27.7 Å². The third kappa shape index (κ3) is 3.72. The Balaban J connectivity index is 1.87. The number of hydrogen-bond acceptors (Lipinski definition) is 1. The van der Waals surface area contributed by atoms with E-state index in [1.54, 1.807) is 5.19 Å². The Labute approximate surface area is 188 Å². The molecule has 31 heavy (non-hydrogen) atoms. The lowest BCUT2D eigenvalue weighted by Crippen LogP contribution is -2.48. The van der Waals surface area contributed by atoms with E-state index in [4.69, 9.17) is 0 Å². The molecular weight excluding hydrogens is 392 g/mol. The minimum Gasteiger partial charge on any atom is -0.200 e. The van der Waals surface area contributed by atoms with Gasteiger partial charge in [-0.15, -0.1) is 0 Å². The number of rotatable bonds is 2. The zero-order chi connectivity index (χ0) is 22.6. The van der Waals surface area contributed by atoms with Gasteiger partial charge in [0.1, 0.15) is 7.05 Å². The Morgan fingerprint density at radius 2 is 1.68 bits per heavy atom. The Morgan fingerprint density at radius 1 is 1.00 bits per heavy atom. The van der Waals surface area contributed by atoms with Crippen LogP contribution in [0.1, 0.15) is 48.9 Å². The van der Waals surface area contributed by atoms with Crippen molar-refractivity contribution in [1.29, 1.82) is 5.26 Å². The summed E-state index contributed by atoms with van der Waals surface area (Å²) in [5.74, 6) is 0. The molecule has 3 heteroatoms. The Morgan fingerprint density at radius 3 is 2.32 bits per heavy atom. The first kappa shape index (κ1) is 21.8. The number of pyridine rings is 1. The highest BCUT2D eigenvalue weighted by Crippen LogP contribution is 2.41. The first-order chi connectivity index (χ1) is 14.6. The molecule has 4 rings (SSSR count). The van der Waals surface area contributed by atoms with Crippen molar-refractivity contribution >= 4 is 24.0 Å². The molecule has 2 aromatic carbocycles. The van der Waals surface area contributed by atoms with Gasteiger partial charge in [0.25, 0.3) is 0 Å². The van der Waals surface area contributed by atoms with Crippen LogP contribution in [0.25, 0.3) is 22.0 Å². The van der Waals surface area contributed by atoms with Crippen molar-refractivity contribution < 1.29 is 4.57 Å². The summed E-state index contributed by atoms with van der Waals surface area (Å²) in [5, 5.41) is 13.8. The van der Waals surface area contributed by atoms with Crippen molar-refractivity contribution in [2.75, 3.05) is 0 Å². The lowest BCUT2D eigenvalue weighted by Gasteiger charge is -2.40. The molecule has 0 unspecified atom stereocenters. The fraction of sp³-hybridized carbons (Fsp3) is 0.429. The predicted octanol–water partition coefficient (Wildman–Crippen LogP) is 6.23. The molecule has 2 heterocycles. The van der Waals surface area contributed by atoms with Gasteiger partial charge < -0.3 is 0 Å². The van der Waals surface area contributed by atoms with Crippen LogP contribution >= 0.6 is 0 Å². The quantitative estimate of drug-likeness (QED) is 0.352. The number of benzene rings is 2. The summed E-state index contributed by atoms with van der Waals surface area (Å²) in [6, 6.07) is 16.9. The van der Waals surface area contributed by atoms with E-state index in [0.717, 1.165) is 16.7 Å². The predicted molar refractivity (Wildman–Crippen MR) is 133 cm³/mol. The van der Waals surface area contributed by atoms with Gasteiger partial charge in [0.05, 0.1) is 30.7 Å². The summed E-state index contributed by atoms with van der Waals surface area (Å²) in [6.45, 7) is 13.7. The largest absolute Gasteiger partial charge is 0.220 e. The number of aromatic nitrogens is 1. The van der Waals surface area contributed by atoms with Crippen molar-refractivity contribution in [2.24, 2.45) is 12.5 Å². The molecule has 0 aliphatic carbocycles. The van der Waals surface area contributed by atoms with Crippen LogP contribution in [-0.2, 0) is 7.05 Å². The van der Waals surface area contributed by atoms with Crippen LogP contribution in [0.5, 0.6) is 0 Å². The van der Waals surface area contributed by atoms with Crippen LogP contribution in [0.15, 0.2) is 36.5 Å². The third-order valence-electron chi connectivity index (χ3n) is 8.00. The molecule has 0 saturated carbocycles. The molecule has 1 aromatic heterocycles. The van der Waals surface area contributed by atoms with Gasteiger partial charge in [0.2, 0.25) is 5.69 Å². The van der Waals surface area contributed by atoms with Crippen LogP contribution in [0.3, 0.4) is 0 Å². The van der Waals surface area contributed by atoms with Gasteiger partial charge in [-0.05, 0) is 60.4 Å². The molecule has 3 aromatic rings. The van der Waals surface area contributed by atoms with Gasteiger partial charge in [0.15, 0.2) is 6.20 Å². The summed E-state index contributed by atoms with van der Waals surface area (Å²) < 4.78 is 2.23. The Kier molecular flexibility index (Phi) is 5.34. The van der Waals surface area contributed by atoms with E-state index in [0.29, 0.717) is 5.41 Å². The second kappa shape index (κ2) is 7.60. The summed E-state index contributed by atoms with van der Waals surface area (Å²) in [5.41, 5.74) is 7.14. The van der Waals surface area contributed by atoms with Gasteiger partial charge in [-0.3, -0.25) is 0 Å². The summed E-state index contributed by atoms with van der Waals surface area (Å²) in [4.78, 5) is 0. The van der Waals surface area contributed by atoms with Crippen molar-refractivity contribution in [2.45, 2.75) is 66.1 Å². The molecule has 2 nitrogen and oxygen atoms in total. The van der Waals surface area contributed by atoms with Crippen LogP contribution in [0, 0.1) is 37.5 Å². The molecular formula is C28H35N2Si+. The van der Waals surface area contributed by atoms with Crippen molar-refractivity contribution in [3.63, 3.8) is 0 Å². The van der Waals surface area contributed by atoms with Crippen LogP contribution in [-0.4, -0.2) is 8.07 Å². The van der Waals surface area contributed by atoms with E-state index >= 15 is 0 Å².